The van der Waals surface area contributed by atoms with E-state index in [2.05, 4.69) is 53.5 Å². The lowest BCUT2D eigenvalue weighted by Gasteiger charge is -2.08. The van der Waals surface area contributed by atoms with Crippen molar-refractivity contribution in [3.8, 4) is 0 Å². The topological polar surface area (TPSA) is 42.7 Å². The van der Waals surface area contributed by atoms with Crippen LogP contribution in [0.15, 0.2) is 24.3 Å². The molecule has 0 fully saturated rings. The van der Waals surface area contributed by atoms with Crippen molar-refractivity contribution in [2.75, 3.05) is 6.54 Å². The zero-order valence-corrected chi connectivity index (χ0v) is 12.8. The van der Waals surface area contributed by atoms with Gasteiger partial charge in [-0.25, -0.2) is 9.67 Å². The first kappa shape index (κ1) is 14.7. The van der Waals surface area contributed by atoms with Crippen LogP contribution in [0.4, 0.5) is 0 Å². The van der Waals surface area contributed by atoms with Gasteiger partial charge in [0.2, 0.25) is 0 Å². The monoisotopic (exact) mass is 272 g/mol. The predicted octanol–water partition coefficient (Wildman–Crippen LogP) is 2.48. The third-order valence-electron chi connectivity index (χ3n) is 3.28. The zero-order chi connectivity index (χ0) is 14.5. The molecule has 0 bridgehead atoms. The average Bonchev–Trinajstić information content (AvgIpc) is 2.69. The number of aryl methyl sites for hydroxylation is 2. The van der Waals surface area contributed by atoms with Crippen molar-refractivity contribution in [3.63, 3.8) is 0 Å². The van der Waals surface area contributed by atoms with Crippen LogP contribution >= 0.6 is 0 Å². The molecule has 0 atom stereocenters. The van der Waals surface area contributed by atoms with Gasteiger partial charge in [-0.1, -0.05) is 38.1 Å². The quantitative estimate of drug-likeness (QED) is 0.878. The molecule has 0 amide bonds. The van der Waals surface area contributed by atoms with Crippen LogP contribution in [0.1, 0.15) is 36.6 Å². The Morgan fingerprint density at radius 2 is 1.75 bits per heavy atom. The Kier molecular flexibility index (Phi) is 4.90. The minimum atomic E-state index is 0.549. The Bertz CT molecular complexity index is 540. The van der Waals surface area contributed by atoms with E-state index in [1.54, 1.807) is 0 Å². The van der Waals surface area contributed by atoms with Crippen LogP contribution in [0.2, 0.25) is 0 Å². The molecular weight excluding hydrogens is 248 g/mol. The summed E-state index contributed by atoms with van der Waals surface area (Å²) in [6.45, 7) is 10.1. The van der Waals surface area contributed by atoms with Gasteiger partial charge in [-0.05, 0) is 37.9 Å². The molecule has 0 saturated heterocycles. The van der Waals surface area contributed by atoms with Gasteiger partial charge in [0.1, 0.15) is 11.6 Å². The summed E-state index contributed by atoms with van der Waals surface area (Å²) >= 11 is 0. The summed E-state index contributed by atoms with van der Waals surface area (Å²) in [6, 6.07) is 9.32. The summed E-state index contributed by atoms with van der Waals surface area (Å²) in [5.74, 6) is 1.80. The number of rotatable bonds is 6. The summed E-state index contributed by atoms with van der Waals surface area (Å²) in [6.07, 6.45) is 1.07. The fourth-order valence-electron chi connectivity index (χ4n) is 2.20. The molecule has 1 aromatic carbocycles. The maximum Gasteiger partial charge on any atom is 0.147 e. The molecule has 0 aliphatic rings. The molecule has 1 N–H and O–H groups in total. The van der Waals surface area contributed by atoms with Gasteiger partial charge in [0.25, 0.3) is 0 Å². The molecule has 108 valence electrons. The summed E-state index contributed by atoms with van der Waals surface area (Å²) in [5.41, 5.74) is 2.63. The van der Waals surface area contributed by atoms with E-state index in [9.17, 15) is 0 Å². The van der Waals surface area contributed by atoms with Gasteiger partial charge < -0.3 is 5.32 Å². The fraction of sp³-hybridized carbons (Fsp3) is 0.500. The smallest absolute Gasteiger partial charge is 0.147 e. The van der Waals surface area contributed by atoms with Crippen molar-refractivity contribution < 1.29 is 0 Å². The van der Waals surface area contributed by atoms with Crippen LogP contribution in [0.3, 0.4) is 0 Å². The highest BCUT2D eigenvalue weighted by Gasteiger charge is 2.03. The number of nitrogens with zero attached hydrogens (tertiary/aromatic N) is 3. The van der Waals surface area contributed by atoms with E-state index < -0.39 is 0 Å². The van der Waals surface area contributed by atoms with E-state index in [-0.39, 0.29) is 0 Å². The number of hydrogen-bond donors (Lipinski definition) is 1. The van der Waals surface area contributed by atoms with E-state index in [1.165, 1.54) is 11.1 Å². The number of hydrogen-bond acceptors (Lipinski definition) is 3. The summed E-state index contributed by atoms with van der Waals surface area (Å²) in [7, 11) is 0. The molecule has 0 saturated carbocycles. The van der Waals surface area contributed by atoms with Gasteiger partial charge in [0.05, 0.1) is 6.54 Å². The largest absolute Gasteiger partial charge is 0.314 e. The standard InChI is InChI=1S/C16H24N4/c1-12(2)17-10-9-15-5-7-16(8-6-15)11-20-14(4)18-13(3)19-20/h5-8,12,17H,9-11H2,1-4H3. The van der Waals surface area contributed by atoms with E-state index in [0.29, 0.717) is 6.04 Å². The van der Waals surface area contributed by atoms with E-state index in [0.717, 1.165) is 31.2 Å². The van der Waals surface area contributed by atoms with Gasteiger partial charge in [-0.15, -0.1) is 0 Å². The lowest BCUT2D eigenvalue weighted by molar-refractivity contribution is 0.590. The molecule has 1 heterocycles. The molecule has 2 rings (SSSR count). The fourth-order valence-corrected chi connectivity index (χ4v) is 2.20. The number of benzene rings is 1. The summed E-state index contributed by atoms with van der Waals surface area (Å²) in [5, 5.41) is 7.83. The highest BCUT2D eigenvalue weighted by Crippen LogP contribution is 2.08. The van der Waals surface area contributed by atoms with Crippen LogP contribution in [0, 0.1) is 13.8 Å². The molecule has 4 heteroatoms. The highest BCUT2D eigenvalue weighted by molar-refractivity contribution is 5.23. The van der Waals surface area contributed by atoms with Crippen LogP contribution < -0.4 is 5.32 Å². The molecule has 20 heavy (non-hydrogen) atoms. The van der Waals surface area contributed by atoms with Crippen molar-refractivity contribution in [1.29, 1.82) is 0 Å². The van der Waals surface area contributed by atoms with E-state index in [4.69, 9.17) is 0 Å². The number of aromatic nitrogens is 3. The molecule has 0 radical (unpaired) electrons. The lowest BCUT2D eigenvalue weighted by Crippen LogP contribution is -2.24. The van der Waals surface area contributed by atoms with Crippen molar-refractivity contribution >= 4 is 0 Å². The van der Waals surface area contributed by atoms with Crippen LogP contribution in [0.5, 0.6) is 0 Å². The zero-order valence-electron chi connectivity index (χ0n) is 12.8. The van der Waals surface area contributed by atoms with Gasteiger partial charge in [0, 0.05) is 6.04 Å². The predicted molar refractivity (Wildman–Crippen MR) is 81.9 cm³/mol. The second kappa shape index (κ2) is 6.66. The maximum absolute atomic E-state index is 4.39. The Morgan fingerprint density at radius 3 is 2.30 bits per heavy atom. The van der Waals surface area contributed by atoms with E-state index in [1.807, 2.05) is 18.5 Å². The van der Waals surface area contributed by atoms with Crippen LogP contribution in [-0.2, 0) is 13.0 Å². The Morgan fingerprint density at radius 1 is 1.10 bits per heavy atom. The lowest BCUT2D eigenvalue weighted by atomic mass is 10.1. The Labute approximate surface area is 121 Å². The third-order valence-corrected chi connectivity index (χ3v) is 3.28. The van der Waals surface area contributed by atoms with Crippen LogP contribution in [-0.4, -0.2) is 27.4 Å². The second-order valence-corrected chi connectivity index (χ2v) is 5.54. The molecular formula is C16H24N4. The highest BCUT2D eigenvalue weighted by atomic mass is 15.3. The Hall–Kier alpha value is -1.68. The van der Waals surface area contributed by atoms with Crippen molar-refractivity contribution in [3.05, 3.63) is 47.0 Å². The minimum Gasteiger partial charge on any atom is -0.314 e. The van der Waals surface area contributed by atoms with Crippen LogP contribution in [0.25, 0.3) is 0 Å². The van der Waals surface area contributed by atoms with Gasteiger partial charge in [0.15, 0.2) is 0 Å². The molecule has 1 aromatic heterocycles. The average molecular weight is 272 g/mol. The first-order valence-electron chi connectivity index (χ1n) is 7.24. The first-order valence-corrected chi connectivity index (χ1v) is 7.24. The normalized spacial score (nSPS) is 11.2. The van der Waals surface area contributed by atoms with Crippen molar-refractivity contribution in [2.24, 2.45) is 0 Å². The van der Waals surface area contributed by atoms with E-state index >= 15 is 0 Å². The molecule has 0 aliphatic carbocycles. The summed E-state index contributed by atoms with van der Waals surface area (Å²) in [4.78, 5) is 4.33. The van der Waals surface area contributed by atoms with Crippen molar-refractivity contribution in [1.82, 2.24) is 20.1 Å². The number of nitrogens with one attached hydrogen (secondary N) is 1. The molecule has 4 nitrogen and oxygen atoms in total. The molecule has 0 unspecified atom stereocenters. The SMILES string of the molecule is Cc1nc(C)n(Cc2ccc(CCNC(C)C)cc2)n1. The maximum atomic E-state index is 4.39. The van der Waals surface area contributed by atoms with Gasteiger partial charge >= 0.3 is 0 Å². The molecule has 2 aromatic rings. The second-order valence-electron chi connectivity index (χ2n) is 5.54. The minimum absolute atomic E-state index is 0.549. The molecule has 0 spiro atoms. The third kappa shape index (κ3) is 4.17. The van der Waals surface area contributed by atoms with Gasteiger partial charge in [-0.2, -0.15) is 5.10 Å². The van der Waals surface area contributed by atoms with Gasteiger partial charge in [-0.3, -0.25) is 0 Å². The molecule has 0 aliphatic heterocycles. The Balaban J connectivity index is 1.93. The van der Waals surface area contributed by atoms with Crippen molar-refractivity contribution in [2.45, 2.75) is 46.7 Å². The first-order chi connectivity index (χ1) is 9.54. The summed E-state index contributed by atoms with van der Waals surface area (Å²) < 4.78 is 1.95.